The van der Waals surface area contributed by atoms with Gasteiger partial charge in [0.1, 0.15) is 6.61 Å². The molecule has 0 aliphatic rings. The SMILES string of the molecule is COc1cc(C=CCNC(=O)OCc2ccccc2)cc(OC)c1O. The number of nitrogens with one attached hydrogen (secondary N) is 1. The smallest absolute Gasteiger partial charge is 0.407 e. The molecule has 0 fully saturated rings. The highest BCUT2D eigenvalue weighted by molar-refractivity contribution is 5.68. The zero-order valence-electron chi connectivity index (χ0n) is 14.2. The lowest BCUT2D eigenvalue weighted by Gasteiger charge is -2.09. The minimum atomic E-state index is -0.491. The molecule has 2 N–H and O–H groups in total. The van der Waals surface area contributed by atoms with E-state index in [1.54, 1.807) is 24.3 Å². The molecular weight excluding hydrogens is 322 g/mol. The Morgan fingerprint density at radius 3 is 2.36 bits per heavy atom. The van der Waals surface area contributed by atoms with E-state index in [1.165, 1.54) is 14.2 Å². The van der Waals surface area contributed by atoms with Gasteiger partial charge in [0.25, 0.3) is 0 Å². The molecule has 25 heavy (non-hydrogen) atoms. The Morgan fingerprint density at radius 2 is 1.76 bits per heavy atom. The van der Waals surface area contributed by atoms with Gasteiger partial charge in [-0.1, -0.05) is 42.5 Å². The van der Waals surface area contributed by atoms with Crippen molar-refractivity contribution < 1.29 is 24.1 Å². The van der Waals surface area contributed by atoms with E-state index >= 15 is 0 Å². The molecule has 0 aliphatic carbocycles. The Kier molecular flexibility index (Phi) is 6.71. The van der Waals surface area contributed by atoms with Gasteiger partial charge < -0.3 is 24.6 Å². The first-order chi connectivity index (χ1) is 12.1. The molecule has 6 heteroatoms. The minimum absolute atomic E-state index is 0.0511. The lowest BCUT2D eigenvalue weighted by atomic mass is 10.1. The van der Waals surface area contributed by atoms with E-state index in [0.29, 0.717) is 18.0 Å². The zero-order chi connectivity index (χ0) is 18.1. The molecule has 0 heterocycles. The van der Waals surface area contributed by atoms with E-state index in [-0.39, 0.29) is 12.4 Å². The third-order valence-corrected chi connectivity index (χ3v) is 3.39. The van der Waals surface area contributed by atoms with Crippen LogP contribution in [0.3, 0.4) is 0 Å². The van der Waals surface area contributed by atoms with Crippen molar-refractivity contribution >= 4 is 12.2 Å². The molecule has 0 bridgehead atoms. The Morgan fingerprint density at radius 1 is 1.12 bits per heavy atom. The van der Waals surface area contributed by atoms with Crippen LogP contribution in [0.25, 0.3) is 6.08 Å². The fourth-order valence-corrected chi connectivity index (χ4v) is 2.12. The molecule has 0 aromatic heterocycles. The van der Waals surface area contributed by atoms with Gasteiger partial charge in [0, 0.05) is 6.54 Å². The van der Waals surface area contributed by atoms with Crippen LogP contribution in [0.1, 0.15) is 11.1 Å². The first-order valence-electron chi connectivity index (χ1n) is 7.70. The number of phenolic OH excluding ortho intramolecular Hbond substituents is 1. The minimum Gasteiger partial charge on any atom is -0.502 e. The lowest BCUT2D eigenvalue weighted by Crippen LogP contribution is -2.24. The number of benzene rings is 2. The average molecular weight is 343 g/mol. The van der Waals surface area contributed by atoms with Gasteiger partial charge in [-0.05, 0) is 23.3 Å². The molecule has 0 atom stereocenters. The molecule has 0 spiro atoms. The number of alkyl carbamates (subject to hydrolysis) is 1. The highest BCUT2D eigenvalue weighted by Crippen LogP contribution is 2.37. The van der Waals surface area contributed by atoms with Gasteiger partial charge in [-0.3, -0.25) is 0 Å². The Bertz CT molecular complexity index is 703. The standard InChI is InChI=1S/C19H21NO5/c1-23-16-11-15(12-17(24-2)18(16)21)9-6-10-20-19(22)25-13-14-7-4-3-5-8-14/h3-9,11-12,21H,10,13H2,1-2H3,(H,20,22). The number of carbonyl (C=O) groups is 1. The topological polar surface area (TPSA) is 77.0 Å². The molecule has 1 amide bonds. The van der Waals surface area contributed by atoms with Crippen molar-refractivity contribution in [3.63, 3.8) is 0 Å². The summed E-state index contributed by atoms with van der Waals surface area (Å²) in [6.45, 7) is 0.530. The molecule has 0 radical (unpaired) electrons. The van der Waals surface area contributed by atoms with Crippen LogP contribution >= 0.6 is 0 Å². The van der Waals surface area contributed by atoms with Crippen molar-refractivity contribution in [3.05, 3.63) is 59.7 Å². The summed E-state index contributed by atoms with van der Waals surface area (Å²) in [5.41, 5.74) is 1.70. The van der Waals surface area contributed by atoms with Crippen LogP contribution in [0.4, 0.5) is 4.79 Å². The van der Waals surface area contributed by atoms with Gasteiger partial charge in [0.15, 0.2) is 11.5 Å². The number of aromatic hydroxyl groups is 1. The number of hydrogen-bond donors (Lipinski definition) is 2. The first-order valence-corrected chi connectivity index (χ1v) is 7.70. The lowest BCUT2D eigenvalue weighted by molar-refractivity contribution is 0.141. The molecule has 2 aromatic rings. The summed E-state index contributed by atoms with van der Waals surface area (Å²) in [6.07, 6.45) is 3.05. The zero-order valence-corrected chi connectivity index (χ0v) is 14.2. The molecule has 2 rings (SSSR count). The highest BCUT2D eigenvalue weighted by atomic mass is 16.5. The average Bonchev–Trinajstić information content (AvgIpc) is 2.65. The summed E-state index contributed by atoms with van der Waals surface area (Å²) < 4.78 is 15.3. The second kappa shape index (κ2) is 9.22. The van der Waals surface area contributed by atoms with E-state index in [2.05, 4.69) is 5.32 Å². The monoisotopic (exact) mass is 343 g/mol. The maximum Gasteiger partial charge on any atom is 0.407 e. The quantitative estimate of drug-likeness (QED) is 0.806. The second-order valence-electron chi connectivity index (χ2n) is 5.12. The predicted octanol–water partition coefficient (Wildman–Crippen LogP) is 3.35. The highest BCUT2D eigenvalue weighted by Gasteiger charge is 2.09. The van der Waals surface area contributed by atoms with Crippen molar-refractivity contribution in [3.8, 4) is 17.2 Å². The van der Waals surface area contributed by atoms with Gasteiger partial charge in [0.2, 0.25) is 5.75 Å². The maximum absolute atomic E-state index is 11.6. The number of phenols is 1. The van der Waals surface area contributed by atoms with E-state index in [0.717, 1.165) is 11.1 Å². The summed E-state index contributed by atoms with van der Waals surface area (Å²) in [7, 11) is 2.93. The van der Waals surface area contributed by atoms with Crippen molar-refractivity contribution in [2.45, 2.75) is 6.61 Å². The van der Waals surface area contributed by atoms with Crippen LogP contribution in [-0.4, -0.2) is 32.0 Å². The van der Waals surface area contributed by atoms with Crippen LogP contribution in [-0.2, 0) is 11.3 Å². The van der Waals surface area contributed by atoms with Crippen LogP contribution < -0.4 is 14.8 Å². The van der Waals surface area contributed by atoms with Crippen molar-refractivity contribution in [2.24, 2.45) is 0 Å². The van der Waals surface area contributed by atoms with Crippen LogP contribution in [0, 0.1) is 0 Å². The Balaban J connectivity index is 1.83. The van der Waals surface area contributed by atoms with Crippen molar-refractivity contribution in [1.29, 1.82) is 0 Å². The normalized spacial score (nSPS) is 10.5. The number of carbonyl (C=O) groups excluding carboxylic acids is 1. The third kappa shape index (κ3) is 5.46. The summed E-state index contributed by atoms with van der Waals surface area (Å²) >= 11 is 0. The van der Waals surface area contributed by atoms with Gasteiger partial charge >= 0.3 is 6.09 Å². The molecule has 2 aromatic carbocycles. The number of amides is 1. The Labute approximate surface area is 146 Å². The van der Waals surface area contributed by atoms with Crippen LogP contribution in [0.2, 0.25) is 0 Å². The second-order valence-corrected chi connectivity index (χ2v) is 5.12. The summed E-state index contributed by atoms with van der Waals surface area (Å²) in [5.74, 6) is 0.577. The fourth-order valence-electron chi connectivity index (χ4n) is 2.12. The van der Waals surface area contributed by atoms with E-state index in [1.807, 2.05) is 30.3 Å². The third-order valence-electron chi connectivity index (χ3n) is 3.39. The number of methoxy groups -OCH3 is 2. The summed E-state index contributed by atoms with van der Waals surface area (Å²) in [6, 6.07) is 12.8. The molecule has 0 unspecified atom stereocenters. The van der Waals surface area contributed by atoms with Crippen molar-refractivity contribution in [1.82, 2.24) is 5.32 Å². The number of hydrogen-bond acceptors (Lipinski definition) is 5. The summed E-state index contributed by atoms with van der Waals surface area (Å²) in [5, 5.41) is 12.5. The van der Waals surface area contributed by atoms with E-state index < -0.39 is 6.09 Å². The van der Waals surface area contributed by atoms with Crippen molar-refractivity contribution in [2.75, 3.05) is 20.8 Å². The van der Waals surface area contributed by atoms with Gasteiger partial charge in [-0.15, -0.1) is 0 Å². The van der Waals surface area contributed by atoms with E-state index in [4.69, 9.17) is 14.2 Å². The Hall–Kier alpha value is -3.15. The molecule has 0 aliphatic heterocycles. The number of rotatable bonds is 7. The van der Waals surface area contributed by atoms with Crippen LogP contribution in [0.5, 0.6) is 17.2 Å². The van der Waals surface area contributed by atoms with Gasteiger partial charge in [-0.2, -0.15) is 0 Å². The van der Waals surface area contributed by atoms with Gasteiger partial charge in [-0.25, -0.2) is 4.79 Å². The van der Waals surface area contributed by atoms with E-state index in [9.17, 15) is 9.90 Å². The largest absolute Gasteiger partial charge is 0.502 e. The van der Waals surface area contributed by atoms with Crippen LogP contribution in [0.15, 0.2) is 48.5 Å². The molecule has 132 valence electrons. The molecule has 0 saturated heterocycles. The van der Waals surface area contributed by atoms with Gasteiger partial charge in [0.05, 0.1) is 14.2 Å². The number of ether oxygens (including phenoxy) is 3. The summed E-state index contributed by atoms with van der Waals surface area (Å²) in [4.78, 5) is 11.6. The maximum atomic E-state index is 11.6. The molecule has 0 saturated carbocycles. The first kappa shape index (κ1) is 18.2. The molecular formula is C19H21NO5. The fraction of sp³-hybridized carbons (Fsp3) is 0.211. The predicted molar refractivity (Wildman–Crippen MR) is 94.9 cm³/mol. The molecule has 6 nitrogen and oxygen atoms in total.